The van der Waals surface area contributed by atoms with Crippen molar-refractivity contribution in [3.8, 4) is 16.9 Å². The Bertz CT molecular complexity index is 1060. The smallest absolute Gasteiger partial charge is 0.259 e. The molecule has 0 aliphatic heterocycles. The first kappa shape index (κ1) is 18.7. The predicted octanol–water partition coefficient (Wildman–Crippen LogP) is 4.04. The van der Waals surface area contributed by atoms with Crippen molar-refractivity contribution in [3.63, 3.8) is 0 Å². The van der Waals surface area contributed by atoms with E-state index < -0.39 is 12.1 Å². The number of ether oxygens (including phenoxy) is 1. The molecule has 3 heterocycles. The molecule has 7 nitrogen and oxygen atoms in total. The average molecular weight is 420 g/mol. The van der Waals surface area contributed by atoms with Gasteiger partial charge < -0.3 is 4.74 Å². The van der Waals surface area contributed by atoms with E-state index in [1.807, 2.05) is 6.92 Å². The molecule has 1 fully saturated rings. The maximum atomic E-state index is 13.2. The lowest BCUT2D eigenvalue weighted by Crippen LogP contribution is -2.14. The van der Waals surface area contributed by atoms with Crippen molar-refractivity contribution in [2.24, 2.45) is 0 Å². The van der Waals surface area contributed by atoms with Crippen LogP contribution in [-0.2, 0) is 0 Å². The summed E-state index contributed by atoms with van der Waals surface area (Å²) >= 11 is 7.22. The Labute approximate surface area is 169 Å². The lowest BCUT2D eigenvalue weighted by molar-refractivity contribution is 0.102. The molecule has 0 spiro atoms. The van der Waals surface area contributed by atoms with Crippen LogP contribution in [0.25, 0.3) is 11.1 Å². The molecule has 2 atom stereocenters. The zero-order valence-corrected chi connectivity index (χ0v) is 16.5. The number of aromatic nitrogens is 4. The van der Waals surface area contributed by atoms with Gasteiger partial charge in [-0.3, -0.25) is 15.1 Å². The lowest BCUT2D eigenvalue weighted by atomic mass is 10.0. The Morgan fingerprint density at radius 2 is 2.07 bits per heavy atom. The van der Waals surface area contributed by atoms with Crippen LogP contribution < -0.4 is 10.1 Å². The van der Waals surface area contributed by atoms with Gasteiger partial charge in [0.2, 0.25) is 5.13 Å². The highest BCUT2D eigenvalue weighted by Gasteiger charge is 2.41. The number of halogens is 2. The first-order valence-electron chi connectivity index (χ1n) is 8.41. The number of hydrogen-bond donors (Lipinski definition) is 1. The summed E-state index contributed by atoms with van der Waals surface area (Å²) in [5, 5.41) is 11.8. The second kappa shape index (κ2) is 7.40. The molecule has 144 valence electrons. The number of alkyl halides is 1. The molecule has 0 unspecified atom stereocenters. The third kappa shape index (κ3) is 3.67. The summed E-state index contributed by atoms with van der Waals surface area (Å²) in [5.41, 5.74) is 2.26. The number of hydrogen-bond acceptors (Lipinski definition) is 7. The zero-order valence-electron chi connectivity index (χ0n) is 14.9. The van der Waals surface area contributed by atoms with Gasteiger partial charge in [-0.2, -0.15) is 0 Å². The Morgan fingerprint density at radius 3 is 2.79 bits per heavy atom. The molecule has 0 saturated heterocycles. The number of aryl methyl sites for hydroxylation is 1. The minimum atomic E-state index is -0.867. The van der Waals surface area contributed by atoms with E-state index in [0.29, 0.717) is 39.0 Å². The molecular formula is C18H15ClFN5O2S. The van der Waals surface area contributed by atoms with Crippen molar-refractivity contribution in [1.82, 2.24) is 20.2 Å². The van der Waals surface area contributed by atoms with E-state index in [0.717, 1.165) is 5.69 Å². The average Bonchev–Trinajstić information content (AvgIpc) is 3.22. The second-order valence-corrected chi connectivity index (χ2v) is 7.73. The van der Waals surface area contributed by atoms with Crippen molar-refractivity contribution in [1.29, 1.82) is 0 Å². The first-order chi connectivity index (χ1) is 13.5. The quantitative estimate of drug-likeness (QED) is 0.627. The Hall–Kier alpha value is -2.65. The Morgan fingerprint density at radius 1 is 1.29 bits per heavy atom. The third-order valence-corrected chi connectivity index (χ3v) is 5.50. The van der Waals surface area contributed by atoms with Gasteiger partial charge in [0.15, 0.2) is 0 Å². The molecule has 1 aliphatic carbocycles. The molecule has 3 aromatic rings. The molecule has 1 N–H and O–H groups in total. The maximum absolute atomic E-state index is 13.2. The van der Waals surface area contributed by atoms with Crippen molar-refractivity contribution in [3.05, 3.63) is 45.9 Å². The van der Waals surface area contributed by atoms with Gasteiger partial charge in [-0.25, -0.2) is 9.37 Å². The van der Waals surface area contributed by atoms with E-state index in [1.165, 1.54) is 30.8 Å². The Kier molecular flexibility index (Phi) is 4.94. The molecule has 0 aromatic carbocycles. The lowest BCUT2D eigenvalue weighted by Gasteiger charge is -2.13. The molecule has 1 amide bonds. The number of pyridine rings is 2. The van der Waals surface area contributed by atoms with Crippen LogP contribution in [0.15, 0.2) is 24.5 Å². The van der Waals surface area contributed by atoms with E-state index in [1.54, 1.807) is 12.1 Å². The fourth-order valence-corrected chi connectivity index (χ4v) is 3.83. The summed E-state index contributed by atoms with van der Waals surface area (Å²) in [4.78, 5) is 21.1. The zero-order chi connectivity index (χ0) is 19.8. The van der Waals surface area contributed by atoms with E-state index in [4.69, 9.17) is 16.3 Å². The summed E-state index contributed by atoms with van der Waals surface area (Å²) in [5.74, 6) is -0.138. The van der Waals surface area contributed by atoms with Crippen molar-refractivity contribution in [2.45, 2.75) is 25.4 Å². The number of carbonyl (C=O) groups excluding carboxylic acids is 1. The molecule has 10 heteroatoms. The van der Waals surface area contributed by atoms with Crippen LogP contribution in [0, 0.1) is 6.92 Å². The van der Waals surface area contributed by atoms with Crippen LogP contribution in [0.3, 0.4) is 0 Å². The second-order valence-electron chi connectivity index (χ2n) is 6.34. The first-order valence-corrected chi connectivity index (χ1v) is 9.61. The van der Waals surface area contributed by atoms with E-state index in [2.05, 4.69) is 25.5 Å². The van der Waals surface area contributed by atoms with Gasteiger partial charge >= 0.3 is 0 Å². The SMILES string of the molecule is COc1cnc(Cl)cc1-c1cc(C)ncc1C(=O)Nc1nnc([C@H]2C[C@H]2F)s1. The summed E-state index contributed by atoms with van der Waals surface area (Å²) in [6.07, 6.45) is 2.56. The fraction of sp³-hybridized carbons (Fsp3) is 0.278. The molecule has 1 saturated carbocycles. The van der Waals surface area contributed by atoms with Crippen molar-refractivity contribution < 1.29 is 13.9 Å². The van der Waals surface area contributed by atoms with Crippen molar-refractivity contribution >= 4 is 34.0 Å². The number of carbonyl (C=O) groups is 1. The standard InChI is InChI=1S/C18H15ClFN5O2S/c1-8-3-9(10-5-15(19)22-7-14(10)27-2)12(6-21-8)16(26)23-18-25-24-17(28-18)11-4-13(11)20/h3,5-7,11,13H,4H2,1-2H3,(H,23,25,26)/t11-,13+/m0/s1. The van der Waals surface area contributed by atoms with Gasteiger partial charge in [-0.1, -0.05) is 22.9 Å². The van der Waals surface area contributed by atoms with Gasteiger partial charge in [-0.15, -0.1) is 10.2 Å². The monoisotopic (exact) mass is 419 g/mol. The molecule has 0 radical (unpaired) electrons. The minimum absolute atomic E-state index is 0.206. The third-order valence-electron chi connectivity index (χ3n) is 4.32. The fourth-order valence-electron chi connectivity index (χ4n) is 2.77. The summed E-state index contributed by atoms with van der Waals surface area (Å²) in [6, 6.07) is 3.40. The molecule has 3 aromatic heterocycles. The van der Waals surface area contributed by atoms with Gasteiger partial charge in [0.1, 0.15) is 22.1 Å². The topological polar surface area (TPSA) is 89.9 Å². The van der Waals surface area contributed by atoms with Crippen molar-refractivity contribution in [2.75, 3.05) is 12.4 Å². The van der Waals surface area contributed by atoms with Gasteiger partial charge in [0, 0.05) is 28.9 Å². The molecule has 0 bridgehead atoms. The van der Waals surface area contributed by atoms with Crippen LogP contribution in [-0.4, -0.2) is 39.4 Å². The predicted molar refractivity (Wildman–Crippen MR) is 104 cm³/mol. The van der Waals surface area contributed by atoms with E-state index in [-0.39, 0.29) is 11.1 Å². The van der Waals surface area contributed by atoms with E-state index in [9.17, 15) is 9.18 Å². The minimum Gasteiger partial charge on any atom is -0.494 e. The maximum Gasteiger partial charge on any atom is 0.259 e. The van der Waals surface area contributed by atoms with Crippen LogP contribution in [0.5, 0.6) is 5.75 Å². The molecular weight excluding hydrogens is 405 g/mol. The van der Waals surface area contributed by atoms with Gasteiger partial charge in [-0.05, 0) is 25.5 Å². The molecule has 1 aliphatic rings. The molecule has 28 heavy (non-hydrogen) atoms. The molecule has 4 rings (SSSR count). The van der Waals surface area contributed by atoms with Crippen LogP contribution in [0.4, 0.5) is 9.52 Å². The Balaban J connectivity index is 1.67. The highest BCUT2D eigenvalue weighted by atomic mass is 35.5. The van der Waals surface area contributed by atoms with Crippen LogP contribution in [0.1, 0.15) is 33.4 Å². The summed E-state index contributed by atoms with van der Waals surface area (Å²) in [6.45, 7) is 1.82. The van der Waals surface area contributed by atoms with E-state index >= 15 is 0 Å². The summed E-state index contributed by atoms with van der Waals surface area (Å²) in [7, 11) is 1.51. The number of anilines is 1. The highest BCUT2D eigenvalue weighted by Crippen LogP contribution is 2.45. The van der Waals surface area contributed by atoms with Gasteiger partial charge in [0.25, 0.3) is 5.91 Å². The summed E-state index contributed by atoms with van der Waals surface area (Å²) < 4.78 is 18.6. The highest BCUT2D eigenvalue weighted by molar-refractivity contribution is 7.15. The number of nitrogens with zero attached hydrogens (tertiary/aromatic N) is 4. The van der Waals surface area contributed by atoms with Crippen LogP contribution in [0.2, 0.25) is 5.15 Å². The largest absolute Gasteiger partial charge is 0.494 e. The number of nitrogens with one attached hydrogen (secondary N) is 1. The normalized spacial score (nSPS) is 18.0. The van der Waals surface area contributed by atoms with Gasteiger partial charge in [0.05, 0.1) is 18.9 Å². The number of amides is 1. The number of rotatable bonds is 5. The van der Waals surface area contributed by atoms with Crippen LogP contribution >= 0.6 is 22.9 Å². The number of methoxy groups -OCH3 is 1.